The fourth-order valence-electron chi connectivity index (χ4n) is 2.92. The lowest BCUT2D eigenvalue weighted by molar-refractivity contribution is -0.153. The Bertz CT molecular complexity index is 1170. The van der Waals surface area contributed by atoms with Gasteiger partial charge in [0.1, 0.15) is 11.9 Å². The molecule has 0 aliphatic rings. The summed E-state index contributed by atoms with van der Waals surface area (Å²) in [6, 6.07) is 5.85. The van der Waals surface area contributed by atoms with Crippen molar-refractivity contribution in [3.63, 3.8) is 0 Å². The smallest absolute Gasteiger partial charge is 0.422 e. The summed E-state index contributed by atoms with van der Waals surface area (Å²) in [4.78, 5) is 7.73. The van der Waals surface area contributed by atoms with Gasteiger partial charge in [-0.2, -0.15) is 13.2 Å². The van der Waals surface area contributed by atoms with Crippen molar-refractivity contribution < 1.29 is 22.6 Å². The Hall–Kier alpha value is -3.24. The molecule has 0 amide bonds. The van der Waals surface area contributed by atoms with Crippen LogP contribution in [0.4, 0.5) is 24.7 Å². The first-order valence-corrected chi connectivity index (χ1v) is 10.1. The standard InChI is InChI=1S/C21H18Cl2F3N5O2/c1-10(18-14(22)7-30-8-15(18)23)33-12-2-3-16(27)13(5-12)19(28)11-4-17(20(29)31-6-11)32-9-21(24,25)26/h2-8,10,28H,9,27H2,1H3,(H2,29,31)/t10-/m1/s1. The van der Waals surface area contributed by atoms with Crippen LogP contribution < -0.4 is 20.9 Å². The Morgan fingerprint density at radius 3 is 2.42 bits per heavy atom. The van der Waals surface area contributed by atoms with Crippen LogP contribution in [0.15, 0.2) is 42.9 Å². The van der Waals surface area contributed by atoms with E-state index in [-0.39, 0.29) is 34.1 Å². The maximum Gasteiger partial charge on any atom is 0.422 e. The fraction of sp³-hybridized carbons (Fsp3) is 0.190. The molecular formula is C21H18Cl2F3N5O2. The van der Waals surface area contributed by atoms with Crippen molar-refractivity contribution in [2.24, 2.45) is 0 Å². The van der Waals surface area contributed by atoms with Crippen molar-refractivity contribution in [3.05, 3.63) is 69.6 Å². The highest BCUT2D eigenvalue weighted by Gasteiger charge is 2.29. The lowest BCUT2D eigenvalue weighted by atomic mass is 10.0. The van der Waals surface area contributed by atoms with E-state index in [1.807, 2.05) is 0 Å². The van der Waals surface area contributed by atoms with E-state index in [1.165, 1.54) is 36.8 Å². The van der Waals surface area contributed by atoms with E-state index in [1.54, 1.807) is 13.0 Å². The molecule has 0 aliphatic heterocycles. The van der Waals surface area contributed by atoms with Crippen molar-refractivity contribution in [1.29, 1.82) is 5.41 Å². The summed E-state index contributed by atoms with van der Waals surface area (Å²) in [6.45, 7) is 0.196. The van der Waals surface area contributed by atoms with Crippen LogP contribution in [0.25, 0.3) is 0 Å². The molecule has 0 radical (unpaired) electrons. The normalized spacial score (nSPS) is 12.3. The molecule has 2 aromatic heterocycles. The van der Waals surface area contributed by atoms with Gasteiger partial charge in [0.15, 0.2) is 18.2 Å². The number of benzene rings is 1. The summed E-state index contributed by atoms with van der Waals surface area (Å²) in [5, 5.41) is 9.16. The number of rotatable bonds is 7. The summed E-state index contributed by atoms with van der Waals surface area (Å²) >= 11 is 12.4. The van der Waals surface area contributed by atoms with Crippen LogP contribution in [0.1, 0.15) is 29.7 Å². The molecule has 0 unspecified atom stereocenters. The third-order valence-electron chi connectivity index (χ3n) is 4.47. The minimum Gasteiger partial charge on any atom is -0.486 e. The van der Waals surface area contributed by atoms with Gasteiger partial charge in [0.2, 0.25) is 0 Å². The SMILES string of the molecule is C[C@@H](Oc1ccc(N)c(C(=N)c2cnc(N)c(OCC(F)(F)F)c2)c1)c1c(Cl)cncc1Cl. The molecular weight excluding hydrogens is 482 g/mol. The van der Waals surface area contributed by atoms with Crippen LogP contribution in [0.5, 0.6) is 11.5 Å². The van der Waals surface area contributed by atoms with Crippen molar-refractivity contribution in [2.45, 2.75) is 19.2 Å². The summed E-state index contributed by atoms with van der Waals surface area (Å²) in [5.41, 5.74) is 12.7. The van der Waals surface area contributed by atoms with E-state index >= 15 is 0 Å². The van der Waals surface area contributed by atoms with Crippen molar-refractivity contribution in [2.75, 3.05) is 18.1 Å². The summed E-state index contributed by atoms with van der Waals surface area (Å²) in [7, 11) is 0. The number of alkyl halides is 3. The molecule has 3 aromatic rings. The van der Waals surface area contributed by atoms with Gasteiger partial charge in [0.05, 0.1) is 15.8 Å². The number of halogens is 5. The van der Waals surface area contributed by atoms with E-state index in [0.29, 0.717) is 21.4 Å². The lowest BCUT2D eigenvalue weighted by Crippen LogP contribution is -2.20. The number of hydrogen-bond donors (Lipinski definition) is 3. The predicted molar refractivity (Wildman–Crippen MR) is 120 cm³/mol. The Morgan fingerprint density at radius 2 is 1.79 bits per heavy atom. The van der Waals surface area contributed by atoms with Gasteiger partial charge in [0, 0.05) is 41.0 Å². The van der Waals surface area contributed by atoms with Crippen molar-refractivity contribution in [1.82, 2.24) is 9.97 Å². The van der Waals surface area contributed by atoms with Crippen LogP contribution in [-0.4, -0.2) is 28.5 Å². The number of nitrogens with zero attached hydrogens (tertiary/aromatic N) is 2. The lowest BCUT2D eigenvalue weighted by Gasteiger charge is -2.19. The Morgan fingerprint density at radius 1 is 1.12 bits per heavy atom. The van der Waals surface area contributed by atoms with Crippen LogP contribution in [0.2, 0.25) is 10.0 Å². The molecule has 0 aliphatic carbocycles. The summed E-state index contributed by atoms with van der Waals surface area (Å²) in [5.74, 6) is -0.172. The van der Waals surface area contributed by atoms with Crippen LogP contribution >= 0.6 is 23.2 Å². The zero-order chi connectivity index (χ0) is 24.3. The predicted octanol–water partition coefficient (Wildman–Crippen LogP) is 5.45. The fourth-order valence-corrected chi connectivity index (χ4v) is 3.59. The minimum absolute atomic E-state index is 0.116. The first-order valence-electron chi connectivity index (χ1n) is 9.35. The highest BCUT2D eigenvalue weighted by Crippen LogP contribution is 2.34. The van der Waals surface area contributed by atoms with E-state index in [9.17, 15) is 13.2 Å². The van der Waals surface area contributed by atoms with Gasteiger partial charge in [-0.3, -0.25) is 10.4 Å². The average molecular weight is 500 g/mol. The maximum atomic E-state index is 12.5. The molecule has 0 saturated heterocycles. The largest absolute Gasteiger partial charge is 0.486 e. The highest BCUT2D eigenvalue weighted by atomic mass is 35.5. The number of aromatic nitrogens is 2. The number of pyridine rings is 2. The number of hydrogen-bond acceptors (Lipinski definition) is 7. The zero-order valence-corrected chi connectivity index (χ0v) is 18.6. The first-order chi connectivity index (χ1) is 15.5. The number of nitrogen functional groups attached to an aromatic ring is 2. The molecule has 1 atom stereocenters. The van der Waals surface area contributed by atoms with Gasteiger partial charge >= 0.3 is 6.18 Å². The molecule has 0 saturated carbocycles. The second-order valence-electron chi connectivity index (χ2n) is 6.91. The van der Waals surface area contributed by atoms with Gasteiger partial charge in [-0.05, 0) is 31.2 Å². The molecule has 7 nitrogen and oxygen atoms in total. The van der Waals surface area contributed by atoms with Gasteiger partial charge in [-0.25, -0.2) is 4.98 Å². The summed E-state index contributed by atoms with van der Waals surface area (Å²) in [6.07, 6.45) is -0.981. The van der Waals surface area contributed by atoms with E-state index in [0.717, 1.165) is 0 Å². The third kappa shape index (κ3) is 5.96. The highest BCUT2D eigenvalue weighted by molar-refractivity contribution is 6.35. The summed E-state index contributed by atoms with van der Waals surface area (Å²) < 4.78 is 48.1. The topological polar surface area (TPSA) is 120 Å². The monoisotopic (exact) mass is 499 g/mol. The van der Waals surface area contributed by atoms with Crippen LogP contribution in [0.3, 0.4) is 0 Å². The second kappa shape index (κ2) is 9.72. The van der Waals surface area contributed by atoms with E-state index in [2.05, 4.69) is 9.97 Å². The Kier molecular flexibility index (Phi) is 7.19. The number of anilines is 2. The van der Waals surface area contributed by atoms with Gasteiger partial charge in [0.25, 0.3) is 0 Å². The van der Waals surface area contributed by atoms with Gasteiger partial charge in [-0.1, -0.05) is 23.2 Å². The number of nitrogens with two attached hydrogens (primary N) is 2. The van der Waals surface area contributed by atoms with Crippen molar-refractivity contribution >= 4 is 40.4 Å². The van der Waals surface area contributed by atoms with Crippen LogP contribution in [0, 0.1) is 5.41 Å². The molecule has 3 rings (SSSR count). The molecule has 33 heavy (non-hydrogen) atoms. The minimum atomic E-state index is -4.55. The maximum absolute atomic E-state index is 12.5. The molecule has 0 spiro atoms. The second-order valence-corrected chi connectivity index (χ2v) is 7.73. The number of ether oxygens (including phenoxy) is 2. The first kappa shape index (κ1) is 24.4. The molecule has 174 valence electrons. The third-order valence-corrected chi connectivity index (χ3v) is 5.07. The van der Waals surface area contributed by atoms with Gasteiger partial charge in [-0.15, -0.1) is 0 Å². The Balaban J connectivity index is 1.87. The quantitative estimate of drug-likeness (QED) is 0.293. The molecule has 0 fully saturated rings. The average Bonchev–Trinajstić information content (AvgIpc) is 2.73. The molecule has 5 N–H and O–H groups in total. The Labute approximate surface area is 197 Å². The van der Waals surface area contributed by atoms with Crippen molar-refractivity contribution in [3.8, 4) is 11.5 Å². The molecule has 0 bridgehead atoms. The van der Waals surface area contributed by atoms with E-state index in [4.69, 9.17) is 49.6 Å². The molecule has 12 heteroatoms. The van der Waals surface area contributed by atoms with Gasteiger partial charge < -0.3 is 20.9 Å². The van der Waals surface area contributed by atoms with Crippen LogP contribution in [-0.2, 0) is 0 Å². The van der Waals surface area contributed by atoms with E-state index < -0.39 is 18.9 Å². The zero-order valence-electron chi connectivity index (χ0n) is 17.1. The molecule has 2 heterocycles. The number of nitrogens with one attached hydrogen (secondary N) is 1. The molecule has 1 aromatic carbocycles.